The van der Waals surface area contributed by atoms with E-state index < -0.39 is 35.9 Å². The second-order valence-electron chi connectivity index (χ2n) is 9.84. The molecule has 40 heavy (non-hydrogen) atoms. The molecule has 0 saturated heterocycles. The maximum Gasteiger partial charge on any atom is 0.338 e. The third kappa shape index (κ3) is 6.10. The van der Waals surface area contributed by atoms with Crippen molar-refractivity contribution in [2.75, 3.05) is 0 Å². The Morgan fingerprint density at radius 1 is 0.725 bits per heavy atom. The van der Waals surface area contributed by atoms with E-state index in [1.165, 1.54) is 6.07 Å². The maximum absolute atomic E-state index is 15.2. The summed E-state index contributed by atoms with van der Waals surface area (Å²) in [5, 5.41) is 0. The standard InChI is InChI=1S/C33H29FO6/c1-18(2)31(35)38-25-11-7-21(8-12-25)26-13-9-23(16-28(26)34)22-10-14-27-24(15-22)17-29(39-32(36)19(3)4)30(27)40-33(37)20(5)6/h7-16,29-30H,1,3,5,17H2,2,4,6H3. The summed E-state index contributed by atoms with van der Waals surface area (Å²) in [7, 11) is 0. The summed E-state index contributed by atoms with van der Waals surface area (Å²) in [6, 6.07) is 17.0. The van der Waals surface area contributed by atoms with Gasteiger partial charge < -0.3 is 14.2 Å². The zero-order chi connectivity index (χ0) is 29.1. The Morgan fingerprint density at radius 3 is 1.88 bits per heavy atom. The van der Waals surface area contributed by atoms with Crippen LogP contribution in [0, 0.1) is 5.82 Å². The maximum atomic E-state index is 15.2. The molecular weight excluding hydrogens is 511 g/mol. The highest BCUT2D eigenvalue weighted by atomic mass is 19.1. The molecule has 0 fully saturated rings. The van der Waals surface area contributed by atoms with Crippen LogP contribution in [0.5, 0.6) is 5.75 Å². The predicted octanol–water partition coefficient (Wildman–Crippen LogP) is 6.85. The van der Waals surface area contributed by atoms with Crippen molar-refractivity contribution in [1.82, 2.24) is 0 Å². The Morgan fingerprint density at radius 2 is 1.27 bits per heavy atom. The summed E-state index contributed by atoms with van der Waals surface area (Å²) in [6.07, 6.45) is -1.21. The molecule has 0 aliphatic heterocycles. The highest BCUT2D eigenvalue weighted by Crippen LogP contribution is 2.39. The minimum Gasteiger partial charge on any atom is -0.454 e. The lowest BCUT2D eigenvalue weighted by Gasteiger charge is -2.21. The van der Waals surface area contributed by atoms with Crippen molar-refractivity contribution in [1.29, 1.82) is 0 Å². The first kappa shape index (κ1) is 28.2. The zero-order valence-corrected chi connectivity index (χ0v) is 22.6. The number of halogens is 1. The molecule has 1 aliphatic carbocycles. The van der Waals surface area contributed by atoms with Crippen LogP contribution in [0.15, 0.2) is 97.1 Å². The Kier molecular flexibility index (Phi) is 8.14. The number of carbonyl (C=O) groups is 3. The third-order valence-electron chi connectivity index (χ3n) is 6.42. The molecule has 0 saturated carbocycles. The molecule has 0 bridgehead atoms. The molecular formula is C33H29FO6. The van der Waals surface area contributed by atoms with E-state index in [1.807, 2.05) is 12.1 Å². The van der Waals surface area contributed by atoms with Crippen LogP contribution in [0.2, 0.25) is 0 Å². The molecule has 0 N–H and O–H groups in total. The number of benzene rings is 3. The van der Waals surface area contributed by atoms with Gasteiger partial charge in [0.05, 0.1) is 0 Å². The van der Waals surface area contributed by atoms with Gasteiger partial charge >= 0.3 is 17.9 Å². The summed E-state index contributed by atoms with van der Waals surface area (Å²) < 4.78 is 31.6. The molecule has 4 rings (SSSR count). The molecule has 3 aromatic rings. The zero-order valence-electron chi connectivity index (χ0n) is 22.6. The monoisotopic (exact) mass is 540 g/mol. The first-order chi connectivity index (χ1) is 18.9. The van der Waals surface area contributed by atoms with Crippen molar-refractivity contribution < 1.29 is 33.0 Å². The van der Waals surface area contributed by atoms with E-state index >= 15 is 4.39 Å². The van der Waals surface area contributed by atoms with E-state index in [1.54, 1.807) is 63.2 Å². The van der Waals surface area contributed by atoms with Gasteiger partial charge in [-0.2, -0.15) is 0 Å². The lowest BCUT2D eigenvalue weighted by Crippen LogP contribution is -2.26. The third-order valence-corrected chi connectivity index (χ3v) is 6.42. The SMILES string of the molecule is C=C(C)C(=O)Oc1ccc(-c2ccc(-c3ccc4c(c3)CC(OC(=O)C(=C)C)C4OC(=O)C(=C)C)cc2F)cc1. The van der Waals surface area contributed by atoms with Crippen molar-refractivity contribution in [3.8, 4) is 28.0 Å². The Labute approximate surface area is 232 Å². The van der Waals surface area contributed by atoms with Crippen LogP contribution in [-0.2, 0) is 30.3 Å². The Hall–Kier alpha value is -4.78. The number of hydrogen-bond donors (Lipinski definition) is 0. The van der Waals surface area contributed by atoms with Crippen LogP contribution in [0.25, 0.3) is 22.3 Å². The van der Waals surface area contributed by atoms with E-state index in [0.717, 1.165) is 11.1 Å². The highest BCUT2D eigenvalue weighted by Gasteiger charge is 2.38. The van der Waals surface area contributed by atoms with Gasteiger partial charge in [0, 0.05) is 28.7 Å². The van der Waals surface area contributed by atoms with Crippen LogP contribution in [-0.4, -0.2) is 24.0 Å². The summed E-state index contributed by atoms with van der Waals surface area (Å²) in [6.45, 7) is 15.4. The number of fused-ring (bicyclic) bond motifs is 1. The van der Waals surface area contributed by atoms with Crippen molar-refractivity contribution in [3.05, 3.63) is 114 Å². The molecule has 0 spiro atoms. The number of rotatable bonds is 8. The summed E-state index contributed by atoms with van der Waals surface area (Å²) in [5.41, 5.74) is 4.69. The van der Waals surface area contributed by atoms with Crippen LogP contribution in [0.3, 0.4) is 0 Å². The molecule has 0 aromatic heterocycles. The fraction of sp³-hybridized carbons (Fsp3) is 0.182. The Balaban J connectivity index is 1.59. The molecule has 0 amide bonds. The van der Waals surface area contributed by atoms with E-state index in [9.17, 15) is 14.4 Å². The summed E-state index contributed by atoms with van der Waals surface area (Å²) in [4.78, 5) is 36.2. The first-order valence-corrected chi connectivity index (χ1v) is 12.6. The quantitative estimate of drug-likeness (QED) is 0.177. The molecule has 1 aliphatic rings. The van der Waals surface area contributed by atoms with E-state index in [2.05, 4.69) is 19.7 Å². The first-order valence-electron chi connectivity index (χ1n) is 12.6. The molecule has 2 unspecified atom stereocenters. The van der Waals surface area contributed by atoms with Crippen molar-refractivity contribution in [2.45, 2.75) is 39.4 Å². The molecule has 204 valence electrons. The fourth-order valence-electron chi connectivity index (χ4n) is 4.29. The molecule has 7 heteroatoms. The van der Waals surface area contributed by atoms with Gasteiger partial charge in [-0.3, -0.25) is 0 Å². The van der Waals surface area contributed by atoms with Crippen LogP contribution < -0.4 is 4.74 Å². The average Bonchev–Trinajstić information content (AvgIpc) is 3.24. The number of hydrogen-bond acceptors (Lipinski definition) is 6. The number of esters is 3. The Bertz CT molecular complexity index is 1550. The average molecular weight is 541 g/mol. The topological polar surface area (TPSA) is 78.9 Å². The molecule has 0 radical (unpaired) electrons. The van der Waals surface area contributed by atoms with Crippen molar-refractivity contribution >= 4 is 17.9 Å². The van der Waals surface area contributed by atoms with Gasteiger partial charge in [0.15, 0.2) is 6.10 Å². The largest absolute Gasteiger partial charge is 0.454 e. The van der Waals surface area contributed by atoms with E-state index in [0.29, 0.717) is 34.4 Å². The number of ether oxygens (including phenoxy) is 3. The fourth-order valence-corrected chi connectivity index (χ4v) is 4.29. The minimum atomic E-state index is -0.798. The molecule has 2 atom stereocenters. The van der Waals surface area contributed by atoms with Gasteiger partial charge in [-0.05, 0) is 66.8 Å². The van der Waals surface area contributed by atoms with Gasteiger partial charge in [0.2, 0.25) is 0 Å². The number of carbonyl (C=O) groups excluding carboxylic acids is 3. The van der Waals surface area contributed by atoms with Gasteiger partial charge in [0.1, 0.15) is 17.7 Å². The van der Waals surface area contributed by atoms with Gasteiger partial charge in [-0.15, -0.1) is 0 Å². The van der Waals surface area contributed by atoms with Crippen LogP contribution in [0.1, 0.15) is 38.0 Å². The van der Waals surface area contributed by atoms with Crippen molar-refractivity contribution in [2.24, 2.45) is 0 Å². The molecule has 6 nitrogen and oxygen atoms in total. The predicted molar refractivity (Wildman–Crippen MR) is 150 cm³/mol. The lowest BCUT2D eigenvalue weighted by atomic mass is 9.97. The van der Waals surface area contributed by atoms with Crippen LogP contribution in [0.4, 0.5) is 4.39 Å². The second-order valence-corrected chi connectivity index (χ2v) is 9.84. The van der Waals surface area contributed by atoms with Gasteiger partial charge in [0.25, 0.3) is 0 Å². The molecule has 0 heterocycles. The van der Waals surface area contributed by atoms with E-state index in [4.69, 9.17) is 14.2 Å². The summed E-state index contributed by atoms with van der Waals surface area (Å²) in [5.74, 6) is -1.78. The molecule has 3 aromatic carbocycles. The van der Waals surface area contributed by atoms with Crippen LogP contribution >= 0.6 is 0 Å². The normalized spacial score (nSPS) is 15.5. The smallest absolute Gasteiger partial charge is 0.338 e. The minimum absolute atomic E-state index is 0.230. The summed E-state index contributed by atoms with van der Waals surface area (Å²) >= 11 is 0. The van der Waals surface area contributed by atoms with E-state index in [-0.39, 0.29) is 16.7 Å². The van der Waals surface area contributed by atoms with Gasteiger partial charge in [-0.1, -0.05) is 62.2 Å². The lowest BCUT2D eigenvalue weighted by molar-refractivity contribution is -0.161. The second kappa shape index (κ2) is 11.5. The van der Waals surface area contributed by atoms with Crippen molar-refractivity contribution in [3.63, 3.8) is 0 Å². The highest BCUT2D eigenvalue weighted by molar-refractivity contribution is 5.89. The van der Waals surface area contributed by atoms with Gasteiger partial charge in [-0.25, -0.2) is 18.8 Å².